The molecule has 0 atom stereocenters. The molecule has 1 amide bonds. The van der Waals surface area contributed by atoms with E-state index in [-0.39, 0.29) is 5.91 Å². The quantitative estimate of drug-likeness (QED) is 0.556. The number of carbonyl (C=O) groups excluding carboxylic acids is 1. The second-order valence-corrected chi connectivity index (χ2v) is 3.74. The van der Waals surface area contributed by atoms with Crippen molar-refractivity contribution in [3.63, 3.8) is 0 Å². The van der Waals surface area contributed by atoms with Crippen molar-refractivity contribution in [2.75, 3.05) is 10.7 Å². The molecule has 18 heavy (non-hydrogen) atoms. The first kappa shape index (κ1) is 12.1. The number of anilines is 2. The molecule has 0 saturated heterocycles. The summed E-state index contributed by atoms with van der Waals surface area (Å²) in [5, 5.41) is 6.39. The number of carbonyl (C=O) groups is 1. The fourth-order valence-electron chi connectivity index (χ4n) is 1.41. The predicted molar refractivity (Wildman–Crippen MR) is 66.0 cm³/mol. The summed E-state index contributed by atoms with van der Waals surface area (Å²) in [5.74, 6) is 5.30. The Balaban J connectivity index is 2.25. The highest BCUT2D eigenvalue weighted by molar-refractivity contribution is 6.07. The molecule has 7 heteroatoms. The average Bonchev–Trinajstić information content (AvgIpc) is 2.70. The Bertz CT molecular complexity index is 579. The third-order valence-corrected chi connectivity index (χ3v) is 2.61. The highest BCUT2D eigenvalue weighted by Crippen LogP contribution is 2.20. The molecule has 0 bridgehead atoms. The summed E-state index contributed by atoms with van der Waals surface area (Å²) in [7, 11) is 0. The maximum atomic E-state index is 12.0. The van der Waals surface area contributed by atoms with Crippen LogP contribution in [0.2, 0.25) is 0 Å². The number of aromatic nitrogens is 2. The lowest BCUT2D eigenvalue weighted by atomic mass is 10.2. The van der Waals surface area contributed by atoms with Gasteiger partial charge in [-0.25, -0.2) is 0 Å². The predicted octanol–water partition coefficient (Wildman–Crippen LogP) is 1.22. The van der Waals surface area contributed by atoms with E-state index >= 15 is 0 Å². The number of aryl methyl sites for hydroxylation is 1. The van der Waals surface area contributed by atoms with Crippen LogP contribution in [-0.4, -0.2) is 16.0 Å². The number of nitrogens with zero attached hydrogens (tertiary/aromatic N) is 2. The SMILES string of the molecule is Cc1noc(NC(=O)c2ccncc2NN)c1C. The fourth-order valence-corrected chi connectivity index (χ4v) is 1.41. The Kier molecular flexibility index (Phi) is 3.24. The van der Waals surface area contributed by atoms with Gasteiger partial charge in [0.25, 0.3) is 5.91 Å². The number of rotatable bonds is 3. The highest BCUT2D eigenvalue weighted by atomic mass is 16.5. The maximum absolute atomic E-state index is 12.0. The van der Waals surface area contributed by atoms with Crippen molar-refractivity contribution in [2.45, 2.75) is 13.8 Å². The minimum atomic E-state index is -0.343. The largest absolute Gasteiger partial charge is 0.338 e. The van der Waals surface area contributed by atoms with Crippen LogP contribution in [0.1, 0.15) is 21.6 Å². The van der Waals surface area contributed by atoms with Crippen molar-refractivity contribution in [1.29, 1.82) is 0 Å². The van der Waals surface area contributed by atoms with Crippen LogP contribution in [0.3, 0.4) is 0 Å². The molecule has 94 valence electrons. The molecule has 0 aromatic carbocycles. The molecule has 2 heterocycles. The molecule has 0 radical (unpaired) electrons. The van der Waals surface area contributed by atoms with Crippen molar-refractivity contribution < 1.29 is 9.32 Å². The number of hydrogen-bond acceptors (Lipinski definition) is 6. The van der Waals surface area contributed by atoms with Crippen molar-refractivity contribution in [3.05, 3.63) is 35.3 Å². The van der Waals surface area contributed by atoms with Crippen LogP contribution >= 0.6 is 0 Å². The summed E-state index contributed by atoms with van der Waals surface area (Å²) in [6.07, 6.45) is 2.97. The number of nitrogens with two attached hydrogens (primary N) is 1. The van der Waals surface area contributed by atoms with E-state index in [1.54, 1.807) is 13.0 Å². The lowest BCUT2D eigenvalue weighted by Gasteiger charge is -2.07. The molecule has 0 unspecified atom stereocenters. The molecule has 0 fully saturated rings. The van der Waals surface area contributed by atoms with E-state index in [0.717, 1.165) is 11.3 Å². The summed E-state index contributed by atoms with van der Waals surface area (Å²) < 4.78 is 5.01. The van der Waals surface area contributed by atoms with Gasteiger partial charge in [-0.15, -0.1) is 0 Å². The second-order valence-electron chi connectivity index (χ2n) is 3.74. The monoisotopic (exact) mass is 247 g/mol. The first-order chi connectivity index (χ1) is 8.63. The van der Waals surface area contributed by atoms with E-state index in [9.17, 15) is 4.79 Å². The van der Waals surface area contributed by atoms with Gasteiger partial charge in [0.05, 0.1) is 23.1 Å². The molecule has 2 rings (SSSR count). The molecule has 0 saturated carbocycles. The number of hydrazine groups is 1. The second kappa shape index (κ2) is 4.84. The third-order valence-electron chi connectivity index (χ3n) is 2.61. The lowest BCUT2D eigenvalue weighted by molar-refractivity contribution is 0.102. The Morgan fingerprint density at radius 3 is 2.83 bits per heavy atom. The fraction of sp³-hybridized carbons (Fsp3) is 0.182. The lowest BCUT2D eigenvalue weighted by Crippen LogP contribution is -2.17. The van der Waals surface area contributed by atoms with Crippen molar-refractivity contribution in [1.82, 2.24) is 10.1 Å². The Hall–Kier alpha value is -2.41. The van der Waals surface area contributed by atoms with Crippen molar-refractivity contribution in [3.8, 4) is 0 Å². The molecule has 2 aromatic rings. The highest BCUT2D eigenvalue weighted by Gasteiger charge is 2.15. The van der Waals surface area contributed by atoms with Crippen LogP contribution in [-0.2, 0) is 0 Å². The molecular formula is C11H13N5O2. The average molecular weight is 247 g/mol. The molecule has 0 aliphatic carbocycles. The number of hydrogen-bond donors (Lipinski definition) is 3. The van der Waals surface area contributed by atoms with E-state index < -0.39 is 0 Å². The molecule has 0 aliphatic heterocycles. The minimum Gasteiger partial charge on any atom is -0.338 e. The first-order valence-electron chi connectivity index (χ1n) is 5.28. The summed E-state index contributed by atoms with van der Waals surface area (Å²) in [4.78, 5) is 15.9. The molecular weight excluding hydrogens is 234 g/mol. The summed E-state index contributed by atoms with van der Waals surface area (Å²) in [5.41, 5.74) is 4.75. The minimum absolute atomic E-state index is 0.331. The van der Waals surface area contributed by atoms with Gasteiger partial charge in [-0.05, 0) is 19.9 Å². The zero-order chi connectivity index (χ0) is 13.1. The standard InChI is InChI=1S/C11H13N5O2/c1-6-7(2)16-18-11(6)14-10(17)8-3-4-13-5-9(8)15-12/h3-5,15H,12H2,1-2H3,(H,14,17). The maximum Gasteiger partial charge on any atom is 0.260 e. The molecule has 7 nitrogen and oxygen atoms in total. The summed E-state index contributed by atoms with van der Waals surface area (Å²) in [6, 6.07) is 1.56. The van der Waals surface area contributed by atoms with Crippen LogP contribution in [0.15, 0.2) is 23.0 Å². The van der Waals surface area contributed by atoms with Gasteiger partial charge in [-0.2, -0.15) is 0 Å². The smallest absolute Gasteiger partial charge is 0.260 e. The van der Waals surface area contributed by atoms with Gasteiger partial charge in [0.2, 0.25) is 5.88 Å². The van der Waals surface area contributed by atoms with Gasteiger partial charge in [0.15, 0.2) is 0 Å². The Morgan fingerprint density at radius 2 is 2.22 bits per heavy atom. The number of nitrogen functional groups attached to an aromatic ring is 1. The number of pyridine rings is 1. The van der Waals surface area contributed by atoms with Gasteiger partial charge in [0.1, 0.15) is 0 Å². The van der Waals surface area contributed by atoms with E-state index in [0.29, 0.717) is 17.1 Å². The zero-order valence-electron chi connectivity index (χ0n) is 10.0. The summed E-state index contributed by atoms with van der Waals surface area (Å²) >= 11 is 0. The zero-order valence-corrected chi connectivity index (χ0v) is 10.0. The van der Waals surface area contributed by atoms with Gasteiger partial charge in [0, 0.05) is 11.8 Å². The topological polar surface area (TPSA) is 106 Å². The Morgan fingerprint density at radius 1 is 1.44 bits per heavy atom. The molecule has 0 aliphatic rings. The van der Waals surface area contributed by atoms with E-state index in [4.69, 9.17) is 10.4 Å². The van der Waals surface area contributed by atoms with Crippen molar-refractivity contribution in [2.24, 2.45) is 5.84 Å². The molecule has 2 aromatic heterocycles. The normalized spacial score (nSPS) is 10.2. The third kappa shape index (κ3) is 2.16. The van der Waals surface area contributed by atoms with Crippen LogP contribution in [0.25, 0.3) is 0 Å². The van der Waals surface area contributed by atoms with E-state index in [2.05, 4.69) is 20.9 Å². The van der Waals surface area contributed by atoms with Gasteiger partial charge < -0.3 is 9.95 Å². The summed E-state index contributed by atoms with van der Waals surface area (Å²) in [6.45, 7) is 3.61. The van der Waals surface area contributed by atoms with Gasteiger partial charge >= 0.3 is 0 Å². The van der Waals surface area contributed by atoms with Crippen LogP contribution in [0, 0.1) is 13.8 Å². The first-order valence-corrected chi connectivity index (χ1v) is 5.28. The van der Waals surface area contributed by atoms with Crippen LogP contribution in [0.5, 0.6) is 0 Å². The van der Waals surface area contributed by atoms with Crippen molar-refractivity contribution >= 4 is 17.5 Å². The van der Waals surface area contributed by atoms with Gasteiger partial charge in [-0.3, -0.25) is 20.9 Å². The van der Waals surface area contributed by atoms with Crippen LogP contribution in [0.4, 0.5) is 11.6 Å². The molecule has 0 spiro atoms. The van der Waals surface area contributed by atoms with E-state index in [1.807, 2.05) is 6.92 Å². The molecule has 4 N–H and O–H groups in total. The van der Waals surface area contributed by atoms with Gasteiger partial charge in [-0.1, -0.05) is 5.16 Å². The van der Waals surface area contributed by atoms with Crippen LogP contribution < -0.4 is 16.6 Å². The number of amides is 1. The van der Waals surface area contributed by atoms with E-state index in [1.165, 1.54) is 12.4 Å². The Labute approximate surface area is 103 Å². The number of nitrogens with one attached hydrogen (secondary N) is 2.